The van der Waals surface area contributed by atoms with Gasteiger partial charge in [0.05, 0.1) is 16.3 Å². The highest BCUT2D eigenvalue weighted by atomic mass is 35.5. The zero-order valence-corrected chi connectivity index (χ0v) is 18.1. The molecule has 3 aromatic rings. The summed E-state index contributed by atoms with van der Waals surface area (Å²) in [5.74, 6) is 0.0421. The highest BCUT2D eigenvalue weighted by molar-refractivity contribution is 7.99. The van der Waals surface area contributed by atoms with Crippen LogP contribution >= 0.6 is 34.7 Å². The zero-order valence-electron chi connectivity index (χ0n) is 15.7. The van der Waals surface area contributed by atoms with Crippen LogP contribution in [0.2, 0.25) is 5.02 Å². The quantitative estimate of drug-likeness (QED) is 0.347. The summed E-state index contributed by atoms with van der Waals surface area (Å²) in [6, 6.07) is 2.86. The van der Waals surface area contributed by atoms with Crippen molar-refractivity contribution < 1.29 is 18.0 Å². The number of halogens is 4. The molecule has 0 atom stereocenters. The van der Waals surface area contributed by atoms with Crippen molar-refractivity contribution in [2.75, 3.05) is 11.1 Å². The van der Waals surface area contributed by atoms with Crippen molar-refractivity contribution in [2.24, 2.45) is 0 Å². The smallest absolute Gasteiger partial charge is 0.325 e. The van der Waals surface area contributed by atoms with Crippen molar-refractivity contribution >= 4 is 56.5 Å². The first-order valence-corrected chi connectivity index (χ1v) is 11.6. The van der Waals surface area contributed by atoms with Gasteiger partial charge in [-0.1, -0.05) is 11.6 Å². The van der Waals surface area contributed by atoms with Crippen molar-refractivity contribution in [3.8, 4) is 0 Å². The van der Waals surface area contributed by atoms with E-state index in [-0.39, 0.29) is 17.1 Å². The van der Waals surface area contributed by atoms with E-state index in [0.29, 0.717) is 5.75 Å². The number of amides is 1. The van der Waals surface area contributed by atoms with E-state index in [9.17, 15) is 18.0 Å². The lowest BCUT2D eigenvalue weighted by Crippen LogP contribution is -2.14. The Morgan fingerprint density at radius 1 is 1.23 bits per heavy atom. The van der Waals surface area contributed by atoms with E-state index in [1.54, 1.807) is 11.3 Å². The van der Waals surface area contributed by atoms with Crippen LogP contribution in [0, 0.1) is 0 Å². The Balaban J connectivity index is 1.42. The van der Waals surface area contributed by atoms with E-state index >= 15 is 0 Å². The summed E-state index contributed by atoms with van der Waals surface area (Å²) in [6.45, 7) is 0. The Labute approximate surface area is 184 Å². The number of carbonyl (C=O) groups excluding carboxylic acids is 1. The number of aromatic nitrogens is 2. The van der Waals surface area contributed by atoms with Crippen LogP contribution in [0.1, 0.15) is 35.3 Å². The molecule has 10 heteroatoms. The number of carbonyl (C=O) groups is 1. The summed E-state index contributed by atoms with van der Waals surface area (Å²) in [4.78, 5) is 23.4. The summed E-state index contributed by atoms with van der Waals surface area (Å²) in [7, 11) is 0. The molecule has 0 aliphatic heterocycles. The van der Waals surface area contributed by atoms with Crippen molar-refractivity contribution in [1.82, 2.24) is 9.97 Å². The molecular weight excluding hydrogens is 455 g/mol. The molecule has 0 radical (unpaired) electrons. The summed E-state index contributed by atoms with van der Waals surface area (Å²) in [6.07, 6.45) is 1.58. The van der Waals surface area contributed by atoms with Gasteiger partial charge in [0.2, 0.25) is 5.91 Å². The predicted molar refractivity (Wildman–Crippen MR) is 114 cm³/mol. The Hall–Kier alpha value is -1.84. The normalized spacial score (nSPS) is 14.0. The van der Waals surface area contributed by atoms with Gasteiger partial charge in [-0.05, 0) is 49.4 Å². The molecule has 0 bridgehead atoms. The molecule has 0 saturated heterocycles. The van der Waals surface area contributed by atoms with E-state index in [4.69, 9.17) is 11.6 Å². The van der Waals surface area contributed by atoms with Gasteiger partial charge in [0, 0.05) is 22.4 Å². The van der Waals surface area contributed by atoms with E-state index in [1.165, 1.54) is 35.0 Å². The SMILES string of the molecule is O=C(CCSc1ncnc2sc3c(c12)CCCC3)Nc1cc(C(F)(F)F)ccc1Cl. The maximum Gasteiger partial charge on any atom is 0.416 e. The molecule has 4 rings (SSSR count). The number of nitrogens with one attached hydrogen (secondary N) is 1. The first kappa shape index (κ1) is 21.4. The van der Waals surface area contributed by atoms with Crippen molar-refractivity contribution in [3.05, 3.63) is 45.6 Å². The second kappa shape index (κ2) is 8.72. The fourth-order valence-corrected chi connectivity index (χ4v) is 5.85. The standard InChI is InChI=1S/C20H17ClF3N3OS2/c21-13-6-5-11(20(22,23)24)9-14(13)27-16(28)7-8-29-18-17-12-3-1-2-4-15(12)30-19(17)26-10-25-18/h5-6,9-10H,1-4,7-8H2,(H,27,28). The highest BCUT2D eigenvalue weighted by Gasteiger charge is 2.31. The molecule has 0 fully saturated rings. The summed E-state index contributed by atoms with van der Waals surface area (Å²) >= 11 is 9.11. The third-order valence-corrected chi connectivity index (χ3v) is 7.37. The zero-order chi connectivity index (χ0) is 21.3. The van der Waals surface area contributed by atoms with Crippen molar-refractivity contribution in [2.45, 2.75) is 43.3 Å². The minimum atomic E-state index is -4.50. The van der Waals surface area contributed by atoms with Crippen LogP contribution in [-0.4, -0.2) is 21.6 Å². The Kier molecular flexibility index (Phi) is 6.22. The molecule has 1 aliphatic carbocycles. The molecule has 2 heterocycles. The van der Waals surface area contributed by atoms with E-state index < -0.39 is 17.6 Å². The van der Waals surface area contributed by atoms with Gasteiger partial charge in [-0.2, -0.15) is 13.2 Å². The van der Waals surface area contributed by atoms with Gasteiger partial charge in [0.15, 0.2) is 0 Å². The molecule has 1 amide bonds. The molecule has 1 aliphatic rings. The number of nitrogens with zero attached hydrogens (tertiary/aromatic N) is 2. The maximum atomic E-state index is 12.9. The topological polar surface area (TPSA) is 54.9 Å². The molecular formula is C20H17ClF3N3OS2. The molecule has 0 unspecified atom stereocenters. The van der Waals surface area contributed by atoms with Crippen LogP contribution in [-0.2, 0) is 23.8 Å². The fourth-order valence-electron chi connectivity index (χ4n) is 3.42. The monoisotopic (exact) mass is 471 g/mol. The highest BCUT2D eigenvalue weighted by Crippen LogP contribution is 2.39. The number of fused-ring (bicyclic) bond motifs is 3. The molecule has 1 N–H and O–H groups in total. The lowest BCUT2D eigenvalue weighted by atomic mass is 9.97. The number of hydrogen-bond donors (Lipinski definition) is 1. The number of alkyl halides is 3. The largest absolute Gasteiger partial charge is 0.416 e. The number of benzene rings is 1. The van der Waals surface area contributed by atoms with Crippen LogP contribution < -0.4 is 5.32 Å². The number of anilines is 1. The maximum absolute atomic E-state index is 12.9. The lowest BCUT2D eigenvalue weighted by Gasteiger charge is -2.12. The van der Waals surface area contributed by atoms with Crippen molar-refractivity contribution in [1.29, 1.82) is 0 Å². The molecule has 4 nitrogen and oxygen atoms in total. The van der Waals surface area contributed by atoms with Gasteiger partial charge < -0.3 is 5.32 Å². The van der Waals surface area contributed by atoms with Crippen LogP contribution in [0.5, 0.6) is 0 Å². The second-order valence-corrected chi connectivity index (χ2v) is 9.48. The third-order valence-electron chi connectivity index (χ3n) is 4.85. The second-order valence-electron chi connectivity index (χ2n) is 6.91. The average Bonchev–Trinajstić information content (AvgIpc) is 3.08. The molecule has 158 valence electrons. The van der Waals surface area contributed by atoms with Gasteiger partial charge in [-0.15, -0.1) is 23.1 Å². The van der Waals surface area contributed by atoms with E-state index in [1.807, 2.05) is 0 Å². The minimum absolute atomic E-state index is 0.0437. The fraction of sp³-hybridized carbons (Fsp3) is 0.350. The third kappa shape index (κ3) is 4.58. The number of thiophene rings is 1. The van der Waals surface area contributed by atoms with Gasteiger partial charge in [0.25, 0.3) is 0 Å². The number of rotatable bonds is 5. The molecule has 1 aromatic carbocycles. The Morgan fingerprint density at radius 3 is 2.83 bits per heavy atom. The van der Waals surface area contributed by atoms with Gasteiger partial charge >= 0.3 is 6.18 Å². The number of thioether (sulfide) groups is 1. The molecule has 0 spiro atoms. The number of hydrogen-bond acceptors (Lipinski definition) is 5. The molecule has 2 aromatic heterocycles. The average molecular weight is 472 g/mol. The van der Waals surface area contributed by atoms with Crippen LogP contribution in [0.15, 0.2) is 29.6 Å². The predicted octanol–water partition coefficient (Wildman–Crippen LogP) is 6.36. The Bertz CT molecular complexity index is 1100. The summed E-state index contributed by atoms with van der Waals surface area (Å²) in [5.41, 5.74) is 0.421. The van der Waals surface area contributed by atoms with Crippen LogP contribution in [0.4, 0.5) is 18.9 Å². The van der Waals surface area contributed by atoms with E-state index in [2.05, 4.69) is 15.3 Å². The Morgan fingerprint density at radius 2 is 2.03 bits per heavy atom. The number of aryl methyl sites for hydroxylation is 2. The van der Waals surface area contributed by atoms with Gasteiger partial charge in [-0.3, -0.25) is 4.79 Å². The van der Waals surface area contributed by atoms with E-state index in [0.717, 1.165) is 52.7 Å². The first-order valence-electron chi connectivity index (χ1n) is 9.37. The van der Waals surface area contributed by atoms with Crippen molar-refractivity contribution in [3.63, 3.8) is 0 Å². The first-order chi connectivity index (χ1) is 14.3. The summed E-state index contributed by atoms with van der Waals surface area (Å²) < 4.78 is 38.6. The molecule has 0 saturated carbocycles. The van der Waals surface area contributed by atoms with Gasteiger partial charge in [0.1, 0.15) is 16.2 Å². The van der Waals surface area contributed by atoms with Crippen LogP contribution in [0.25, 0.3) is 10.2 Å². The molecule has 30 heavy (non-hydrogen) atoms. The van der Waals surface area contributed by atoms with Gasteiger partial charge in [-0.25, -0.2) is 9.97 Å². The lowest BCUT2D eigenvalue weighted by molar-refractivity contribution is -0.137. The minimum Gasteiger partial charge on any atom is -0.325 e. The van der Waals surface area contributed by atoms with Crippen LogP contribution in [0.3, 0.4) is 0 Å². The summed E-state index contributed by atoms with van der Waals surface area (Å²) in [5, 5.41) is 4.48.